The average Bonchev–Trinajstić information content (AvgIpc) is 2.08. The molecule has 1 aliphatic heterocycles. The smallest absolute Gasteiger partial charge is 0.0215 e. The van der Waals surface area contributed by atoms with Crippen LogP contribution in [0.2, 0.25) is 0 Å². The van der Waals surface area contributed by atoms with E-state index in [0.29, 0.717) is 6.04 Å². The van der Waals surface area contributed by atoms with Crippen LogP contribution < -0.4 is 5.32 Å². The van der Waals surface area contributed by atoms with E-state index in [1.165, 1.54) is 6.54 Å². The zero-order chi connectivity index (χ0) is 9.68. The molecule has 0 radical (unpaired) electrons. The fourth-order valence-electron chi connectivity index (χ4n) is 1.47. The highest BCUT2D eigenvalue weighted by atomic mass is 32.1. The molecule has 1 saturated heterocycles. The maximum atomic E-state index is 4.32. The van der Waals surface area contributed by atoms with E-state index >= 15 is 0 Å². The summed E-state index contributed by atoms with van der Waals surface area (Å²) in [5, 5.41) is 3.43. The van der Waals surface area contributed by atoms with Gasteiger partial charge in [-0.1, -0.05) is 26.7 Å². The molecule has 0 aliphatic carbocycles. The summed E-state index contributed by atoms with van der Waals surface area (Å²) in [5.74, 6) is 0. The van der Waals surface area contributed by atoms with Crippen molar-refractivity contribution in [3.63, 3.8) is 0 Å². The molecule has 1 rings (SSSR count). The van der Waals surface area contributed by atoms with Crippen molar-refractivity contribution in [3.8, 4) is 0 Å². The van der Waals surface area contributed by atoms with Crippen LogP contribution in [0.15, 0.2) is 0 Å². The summed E-state index contributed by atoms with van der Waals surface area (Å²) in [6.45, 7) is 11.1. The second-order valence-corrected chi connectivity index (χ2v) is 4.47. The SMILES string of the molecule is CC(C)NCCN1CCN(S)CC1. The first-order chi connectivity index (χ1) is 6.18. The standard InChI is InChI=1S/C9H21N3S/c1-9(2)10-3-4-11-5-7-12(13)8-6-11/h9-10,13H,3-8H2,1-2H3. The van der Waals surface area contributed by atoms with Crippen LogP contribution in [0.5, 0.6) is 0 Å². The number of hydrogen-bond acceptors (Lipinski definition) is 4. The van der Waals surface area contributed by atoms with Crippen LogP contribution in [0.3, 0.4) is 0 Å². The largest absolute Gasteiger partial charge is 0.313 e. The lowest BCUT2D eigenvalue weighted by Gasteiger charge is -2.31. The molecule has 1 N–H and O–H groups in total. The normalized spacial score (nSPS) is 21.2. The second kappa shape index (κ2) is 5.86. The van der Waals surface area contributed by atoms with E-state index < -0.39 is 0 Å². The zero-order valence-electron chi connectivity index (χ0n) is 8.66. The van der Waals surface area contributed by atoms with E-state index in [1.807, 2.05) is 0 Å². The molecule has 3 nitrogen and oxygen atoms in total. The van der Waals surface area contributed by atoms with E-state index in [2.05, 4.69) is 41.2 Å². The van der Waals surface area contributed by atoms with Crippen LogP contribution in [0, 0.1) is 0 Å². The van der Waals surface area contributed by atoms with Crippen LogP contribution in [0.1, 0.15) is 13.8 Å². The van der Waals surface area contributed by atoms with Crippen molar-refractivity contribution in [2.75, 3.05) is 39.3 Å². The quantitative estimate of drug-likeness (QED) is 0.647. The Balaban J connectivity index is 2.02. The van der Waals surface area contributed by atoms with Crippen LogP contribution >= 0.6 is 12.8 Å². The van der Waals surface area contributed by atoms with E-state index in [1.54, 1.807) is 0 Å². The predicted molar refractivity (Wildman–Crippen MR) is 60.1 cm³/mol. The van der Waals surface area contributed by atoms with E-state index in [-0.39, 0.29) is 0 Å². The summed E-state index contributed by atoms with van der Waals surface area (Å²) in [6.07, 6.45) is 0. The maximum absolute atomic E-state index is 4.32. The highest BCUT2D eigenvalue weighted by Crippen LogP contribution is 2.02. The van der Waals surface area contributed by atoms with Gasteiger partial charge in [-0.2, -0.15) is 0 Å². The first-order valence-electron chi connectivity index (χ1n) is 5.08. The Kier molecular flexibility index (Phi) is 5.09. The van der Waals surface area contributed by atoms with Gasteiger partial charge in [0.25, 0.3) is 0 Å². The summed E-state index contributed by atoms with van der Waals surface area (Å²) in [4.78, 5) is 2.49. The molecule has 1 aliphatic rings. The number of nitrogens with one attached hydrogen (secondary N) is 1. The van der Waals surface area contributed by atoms with Gasteiger partial charge in [0.1, 0.15) is 0 Å². The lowest BCUT2D eigenvalue weighted by atomic mass is 10.3. The topological polar surface area (TPSA) is 18.5 Å². The van der Waals surface area contributed by atoms with Crippen LogP contribution in [0.25, 0.3) is 0 Å². The molecule has 0 amide bonds. The van der Waals surface area contributed by atoms with E-state index in [0.717, 1.165) is 32.7 Å². The Labute approximate surface area is 87.0 Å². The lowest BCUT2D eigenvalue weighted by molar-refractivity contribution is 0.197. The first-order valence-corrected chi connectivity index (χ1v) is 5.48. The Morgan fingerprint density at radius 2 is 1.85 bits per heavy atom. The molecule has 78 valence electrons. The molecule has 0 aromatic carbocycles. The van der Waals surface area contributed by atoms with Gasteiger partial charge >= 0.3 is 0 Å². The molecular weight excluding hydrogens is 182 g/mol. The second-order valence-electron chi connectivity index (χ2n) is 3.90. The molecule has 0 unspecified atom stereocenters. The van der Waals surface area contributed by atoms with Gasteiger partial charge in [-0.3, -0.25) is 9.21 Å². The van der Waals surface area contributed by atoms with Crippen molar-refractivity contribution >= 4 is 12.8 Å². The first kappa shape index (κ1) is 11.3. The Bertz CT molecular complexity index is 133. The van der Waals surface area contributed by atoms with Gasteiger partial charge in [0, 0.05) is 45.3 Å². The highest BCUT2D eigenvalue weighted by molar-refractivity contribution is 7.77. The van der Waals surface area contributed by atoms with Gasteiger partial charge in [0.05, 0.1) is 0 Å². The molecule has 4 heteroatoms. The molecule has 0 aromatic rings. The number of nitrogens with zero attached hydrogens (tertiary/aromatic N) is 2. The van der Waals surface area contributed by atoms with Crippen LogP contribution in [-0.4, -0.2) is 54.5 Å². The zero-order valence-corrected chi connectivity index (χ0v) is 9.56. The van der Waals surface area contributed by atoms with Gasteiger partial charge in [-0.15, -0.1) is 0 Å². The van der Waals surface area contributed by atoms with E-state index in [4.69, 9.17) is 0 Å². The summed E-state index contributed by atoms with van der Waals surface area (Å²) in [5.41, 5.74) is 0. The molecule has 0 saturated carbocycles. The molecule has 0 atom stereocenters. The Hall–Kier alpha value is 0.230. The number of hydrogen-bond donors (Lipinski definition) is 2. The summed E-state index contributed by atoms with van der Waals surface area (Å²) in [7, 11) is 0. The third-order valence-corrected chi connectivity index (χ3v) is 2.73. The minimum absolute atomic E-state index is 0.603. The van der Waals surface area contributed by atoms with E-state index in [9.17, 15) is 0 Å². The van der Waals surface area contributed by atoms with Gasteiger partial charge < -0.3 is 5.32 Å². The summed E-state index contributed by atoms with van der Waals surface area (Å²) in [6, 6.07) is 0.603. The highest BCUT2D eigenvalue weighted by Gasteiger charge is 2.13. The minimum atomic E-state index is 0.603. The molecule has 13 heavy (non-hydrogen) atoms. The van der Waals surface area contributed by atoms with Crippen molar-refractivity contribution in [1.29, 1.82) is 0 Å². The van der Waals surface area contributed by atoms with Crippen molar-refractivity contribution < 1.29 is 0 Å². The minimum Gasteiger partial charge on any atom is -0.313 e. The van der Waals surface area contributed by atoms with Gasteiger partial charge in [-0.05, 0) is 0 Å². The summed E-state index contributed by atoms with van der Waals surface area (Å²) >= 11 is 4.32. The molecule has 0 spiro atoms. The number of rotatable bonds is 4. The molecule has 0 bridgehead atoms. The molecular formula is C9H21N3S. The van der Waals surface area contributed by atoms with Gasteiger partial charge in [0.15, 0.2) is 0 Å². The monoisotopic (exact) mass is 203 g/mol. The van der Waals surface area contributed by atoms with Gasteiger partial charge in [0.2, 0.25) is 0 Å². The third kappa shape index (κ3) is 4.86. The van der Waals surface area contributed by atoms with Crippen LogP contribution in [0.4, 0.5) is 0 Å². The van der Waals surface area contributed by atoms with Gasteiger partial charge in [-0.25, -0.2) is 0 Å². The predicted octanol–water partition coefficient (Wildman–Crippen LogP) is 0.447. The molecule has 0 aromatic heterocycles. The fourth-order valence-corrected chi connectivity index (χ4v) is 1.65. The Morgan fingerprint density at radius 1 is 1.23 bits per heavy atom. The average molecular weight is 203 g/mol. The van der Waals surface area contributed by atoms with Crippen LogP contribution in [-0.2, 0) is 0 Å². The number of piperazine rings is 1. The lowest BCUT2D eigenvalue weighted by Crippen LogP contribution is -2.45. The fraction of sp³-hybridized carbons (Fsp3) is 1.00. The van der Waals surface area contributed by atoms with Crippen molar-refractivity contribution in [1.82, 2.24) is 14.5 Å². The maximum Gasteiger partial charge on any atom is 0.0215 e. The summed E-state index contributed by atoms with van der Waals surface area (Å²) < 4.78 is 2.09. The third-order valence-electron chi connectivity index (χ3n) is 2.33. The molecule has 1 heterocycles. The molecule has 1 fully saturated rings. The number of thiol groups is 1. The Morgan fingerprint density at radius 3 is 2.38 bits per heavy atom. The van der Waals surface area contributed by atoms with Crippen molar-refractivity contribution in [2.24, 2.45) is 0 Å². The van der Waals surface area contributed by atoms with Crippen molar-refractivity contribution in [3.05, 3.63) is 0 Å². The van der Waals surface area contributed by atoms with Crippen molar-refractivity contribution in [2.45, 2.75) is 19.9 Å².